The van der Waals surface area contributed by atoms with Gasteiger partial charge >= 0.3 is 5.97 Å². The van der Waals surface area contributed by atoms with Crippen molar-refractivity contribution in [3.05, 3.63) is 0 Å². The number of carboxylic acid groups (broad SMARTS) is 1. The lowest BCUT2D eigenvalue weighted by Crippen LogP contribution is -2.34. The topological polar surface area (TPSA) is 52.6 Å². The fourth-order valence-corrected chi connectivity index (χ4v) is 0.972. The number of hydrogen-bond donors (Lipinski definition) is 2. The zero-order valence-electron chi connectivity index (χ0n) is 8.65. The fourth-order valence-electron chi connectivity index (χ4n) is 0.972. The van der Waals surface area contributed by atoms with Gasteiger partial charge in [-0.15, -0.1) is 24.8 Å². The van der Waals surface area contributed by atoms with Gasteiger partial charge in [-0.3, -0.25) is 4.79 Å². The van der Waals surface area contributed by atoms with Crippen LogP contribution in [0.15, 0.2) is 0 Å². The van der Waals surface area contributed by atoms with Gasteiger partial charge in [-0.2, -0.15) is 0 Å². The Balaban J connectivity index is -0.000000605. The number of aliphatic carboxylic acids is 1. The Kier molecular flexibility index (Phi) is 18.1. The number of nitrogens with one attached hydrogen (secondary N) is 1. The van der Waals surface area contributed by atoms with Gasteiger partial charge in [0.2, 0.25) is 0 Å². The van der Waals surface area contributed by atoms with Crippen LogP contribution < -0.4 is 5.32 Å². The summed E-state index contributed by atoms with van der Waals surface area (Å²) >= 11 is 0. The lowest BCUT2D eigenvalue weighted by atomic mass is 10.4. The third-order valence-electron chi connectivity index (χ3n) is 1.78. The van der Waals surface area contributed by atoms with Crippen LogP contribution in [-0.4, -0.2) is 48.7 Å². The highest BCUT2D eigenvalue weighted by Gasteiger charge is 1.98. The van der Waals surface area contributed by atoms with E-state index in [9.17, 15) is 4.79 Å². The van der Waals surface area contributed by atoms with Crippen molar-refractivity contribution in [1.82, 2.24) is 10.2 Å². The van der Waals surface area contributed by atoms with Crippen LogP contribution in [0.5, 0.6) is 0 Å². The summed E-state index contributed by atoms with van der Waals surface area (Å²) in [6, 6.07) is 0. The van der Waals surface area contributed by atoms with Crippen LogP contribution in [0, 0.1) is 0 Å². The van der Waals surface area contributed by atoms with E-state index in [2.05, 4.69) is 24.1 Å². The van der Waals surface area contributed by atoms with Crippen molar-refractivity contribution in [3.8, 4) is 0 Å². The zero-order chi connectivity index (χ0) is 9.40. The second-order valence-electron chi connectivity index (χ2n) is 2.60. The number of nitrogens with zero attached hydrogens (tertiary/aromatic N) is 1. The molecule has 0 aliphatic rings. The molecule has 0 saturated carbocycles. The summed E-state index contributed by atoms with van der Waals surface area (Å²) in [5.74, 6) is -0.797. The van der Waals surface area contributed by atoms with Crippen molar-refractivity contribution in [2.24, 2.45) is 0 Å². The Labute approximate surface area is 97.9 Å². The van der Waals surface area contributed by atoms with Crippen LogP contribution in [0.25, 0.3) is 0 Å². The quantitative estimate of drug-likeness (QED) is 0.655. The average molecular weight is 247 g/mol. The first kappa shape index (κ1) is 19.5. The van der Waals surface area contributed by atoms with Crippen molar-refractivity contribution in [2.45, 2.75) is 13.8 Å². The maximum absolute atomic E-state index is 10.1. The van der Waals surface area contributed by atoms with E-state index < -0.39 is 5.97 Å². The van der Waals surface area contributed by atoms with Gasteiger partial charge < -0.3 is 15.3 Å². The third kappa shape index (κ3) is 12.0. The zero-order valence-corrected chi connectivity index (χ0v) is 10.3. The van der Waals surface area contributed by atoms with Crippen molar-refractivity contribution < 1.29 is 9.90 Å². The van der Waals surface area contributed by atoms with E-state index in [0.717, 1.165) is 26.2 Å². The average Bonchev–Trinajstić information content (AvgIpc) is 2.04. The lowest BCUT2D eigenvalue weighted by Gasteiger charge is -2.17. The normalized spacial score (nSPS) is 9.07. The number of carboxylic acids is 1. The molecule has 0 rings (SSSR count). The highest BCUT2D eigenvalue weighted by molar-refractivity contribution is 5.85. The molecule has 0 amide bonds. The smallest absolute Gasteiger partial charge is 0.317 e. The van der Waals surface area contributed by atoms with Gasteiger partial charge in [0.15, 0.2) is 0 Å². The van der Waals surface area contributed by atoms with Crippen molar-refractivity contribution >= 4 is 30.8 Å². The molecule has 6 heteroatoms. The fraction of sp³-hybridized carbons (Fsp3) is 0.875. The summed E-state index contributed by atoms with van der Waals surface area (Å²) in [5, 5.41) is 11.2. The monoisotopic (exact) mass is 246 g/mol. The summed E-state index contributed by atoms with van der Waals surface area (Å²) in [6.07, 6.45) is 0. The van der Waals surface area contributed by atoms with E-state index >= 15 is 0 Å². The molecule has 88 valence electrons. The first-order valence-electron chi connectivity index (χ1n) is 4.35. The van der Waals surface area contributed by atoms with Gasteiger partial charge in [0.25, 0.3) is 0 Å². The van der Waals surface area contributed by atoms with Gasteiger partial charge in [-0.1, -0.05) is 13.8 Å². The molecular weight excluding hydrogens is 227 g/mol. The molecule has 14 heavy (non-hydrogen) atoms. The number of rotatable bonds is 7. The molecule has 0 bridgehead atoms. The summed E-state index contributed by atoms with van der Waals surface area (Å²) in [4.78, 5) is 12.4. The minimum atomic E-state index is -0.797. The minimum Gasteiger partial charge on any atom is -0.480 e. The highest BCUT2D eigenvalue weighted by Crippen LogP contribution is 1.83. The van der Waals surface area contributed by atoms with Crippen LogP contribution in [0.4, 0.5) is 0 Å². The Morgan fingerprint density at radius 1 is 1.29 bits per heavy atom. The summed E-state index contributed by atoms with van der Waals surface area (Å²) in [7, 11) is 0. The molecule has 0 unspecified atom stereocenters. The molecule has 0 aromatic carbocycles. The number of halogens is 2. The number of likely N-dealkylation sites (N-methyl/N-ethyl adjacent to an activating group) is 1. The van der Waals surface area contributed by atoms with Crippen LogP contribution in [0.3, 0.4) is 0 Å². The molecule has 0 aliphatic heterocycles. The number of carbonyl (C=O) groups is 1. The standard InChI is InChI=1S/C8H18N2O2.2ClH/c1-3-10(4-2)6-5-9-7-8(11)12;;/h9H,3-7H2,1-2H3,(H,11,12);2*1H. The maximum Gasteiger partial charge on any atom is 0.317 e. The van der Waals surface area contributed by atoms with Gasteiger partial charge in [-0.05, 0) is 13.1 Å². The molecule has 0 saturated heterocycles. The van der Waals surface area contributed by atoms with E-state index in [1.54, 1.807) is 0 Å². The van der Waals surface area contributed by atoms with Crippen LogP contribution in [0.2, 0.25) is 0 Å². The second kappa shape index (κ2) is 13.0. The van der Waals surface area contributed by atoms with E-state index in [0.29, 0.717) is 0 Å². The Morgan fingerprint density at radius 3 is 2.14 bits per heavy atom. The Morgan fingerprint density at radius 2 is 1.79 bits per heavy atom. The maximum atomic E-state index is 10.1. The molecule has 0 atom stereocenters. The first-order valence-corrected chi connectivity index (χ1v) is 4.35. The molecular formula is C8H20Cl2N2O2. The third-order valence-corrected chi connectivity index (χ3v) is 1.78. The van der Waals surface area contributed by atoms with E-state index in [1.807, 2.05) is 0 Å². The van der Waals surface area contributed by atoms with Crippen molar-refractivity contribution in [1.29, 1.82) is 0 Å². The van der Waals surface area contributed by atoms with Gasteiger partial charge in [0.1, 0.15) is 0 Å². The Bertz CT molecular complexity index is 133. The van der Waals surface area contributed by atoms with Crippen LogP contribution in [0.1, 0.15) is 13.8 Å². The molecule has 0 radical (unpaired) electrons. The molecule has 0 fully saturated rings. The molecule has 0 heterocycles. The predicted octanol–water partition coefficient (Wildman–Crippen LogP) is 0.846. The molecule has 0 aromatic rings. The molecule has 0 aromatic heterocycles. The van der Waals surface area contributed by atoms with E-state index in [-0.39, 0.29) is 31.4 Å². The first-order chi connectivity index (χ1) is 5.70. The van der Waals surface area contributed by atoms with Crippen LogP contribution >= 0.6 is 24.8 Å². The summed E-state index contributed by atoms with van der Waals surface area (Å²) in [6.45, 7) is 7.95. The van der Waals surface area contributed by atoms with Gasteiger partial charge in [-0.25, -0.2) is 0 Å². The summed E-state index contributed by atoms with van der Waals surface area (Å²) < 4.78 is 0. The Hall–Kier alpha value is -0.0300. The molecule has 4 nitrogen and oxygen atoms in total. The molecule has 0 spiro atoms. The SMILES string of the molecule is CCN(CC)CCNCC(=O)O.Cl.Cl. The van der Waals surface area contributed by atoms with Crippen molar-refractivity contribution in [3.63, 3.8) is 0 Å². The molecule has 2 N–H and O–H groups in total. The highest BCUT2D eigenvalue weighted by atomic mass is 35.5. The second-order valence-corrected chi connectivity index (χ2v) is 2.60. The van der Waals surface area contributed by atoms with E-state index in [4.69, 9.17) is 5.11 Å². The largest absolute Gasteiger partial charge is 0.480 e. The van der Waals surface area contributed by atoms with Gasteiger partial charge in [0.05, 0.1) is 6.54 Å². The van der Waals surface area contributed by atoms with Gasteiger partial charge in [0, 0.05) is 13.1 Å². The van der Waals surface area contributed by atoms with Crippen LogP contribution in [-0.2, 0) is 4.79 Å². The van der Waals surface area contributed by atoms with E-state index in [1.165, 1.54) is 0 Å². The minimum absolute atomic E-state index is 0. The predicted molar refractivity (Wildman–Crippen MR) is 62.8 cm³/mol. The molecule has 0 aliphatic carbocycles. The van der Waals surface area contributed by atoms with Crippen molar-refractivity contribution in [2.75, 3.05) is 32.7 Å². The summed E-state index contributed by atoms with van der Waals surface area (Å²) in [5.41, 5.74) is 0. The number of hydrogen-bond acceptors (Lipinski definition) is 3. The lowest BCUT2D eigenvalue weighted by molar-refractivity contribution is -0.135.